The molecule has 2 rings (SSSR count). The molecule has 0 aliphatic heterocycles. The molecule has 0 amide bonds. The molecule has 0 spiro atoms. The normalized spacial score (nSPS) is 12.4. The number of aryl methyl sites for hydroxylation is 1. The van der Waals surface area contributed by atoms with Crippen molar-refractivity contribution in [3.05, 3.63) is 44.3 Å². The second-order valence-electron chi connectivity index (χ2n) is 5.10. The number of hydrogen-bond acceptors (Lipinski definition) is 4. The van der Waals surface area contributed by atoms with Crippen LogP contribution in [0.25, 0.3) is 0 Å². The van der Waals surface area contributed by atoms with Crippen molar-refractivity contribution < 1.29 is 4.74 Å². The lowest BCUT2D eigenvalue weighted by molar-refractivity contribution is 0.320. The predicted molar refractivity (Wildman–Crippen MR) is 92.2 cm³/mol. The average molecular weight is 369 g/mol. The Balaban J connectivity index is 1.90. The van der Waals surface area contributed by atoms with Gasteiger partial charge in [0, 0.05) is 17.3 Å². The summed E-state index contributed by atoms with van der Waals surface area (Å²) in [6.45, 7) is 4.81. The van der Waals surface area contributed by atoms with E-state index in [1.165, 1.54) is 10.4 Å². The highest BCUT2D eigenvalue weighted by molar-refractivity contribution is 9.10. The van der Waals surface area contributed by atoms with Gasteiger partial charge >= 0.3 is 0 Å². The molecule has 0 saturated heterocycles. The van der Waals surface area contributed by atoms with Crippen LogP contribution in [0, 0.1) is 6.92 Å². The van der Waals surface area contributed by atoms with Gasteiger partial charge in [-0.2, -0.15) is 0 Å². The van der Waals surface area contributed by atoms with Crippen LogP contribution in [0.4, 0.5) is 0 Å². The van der Waals surface area contributed by atoms with Crippen LogP contribution in [-0.2, 0) is 12.8 Å². The number of rotatable bonds is 7. The number of ether oxygens (including phenoxy) is 1. The maximum absolute atomic E-state index is 5.99. The fourth-order valence-electron chi connectivity index (χ4n) is 2.06. The third kappa shape index (κ3) is 4.80. The highest BCUT2D eigenvalue weighted by Crippen LogP contribution is 2.27. The monoisotopic (exact) mass is 368 g/mol. The Kier molecular flexibility index (Phi) is 6.21. The summed E-state index contributed by atoms with van der Waals surface area (Å²) in [6.07, 6.45) is 2.78. The van der Waals surface area contributed by atoms with Crippen molar-refractivity contribution in [2.45, 2.75) is 39.2 Å². The lowest BCUT2D eigenvalue weighted by Gasteiger charge is -2.12. The first-order valence-electron chi connectivity index (χ1n) is 7.16. The fraction of sp³-hybridized carbons (Fsp3) is 0.438. The summed E-state index contributed by atoms with van der Waals surface area (Å²) >= 11 is 5.26. The van der Waals surface area contributed by atoms with Gasteiger partial charge in [-0.05, 0) is 53.4 Å². The van der Waals surface area contributed by atoms with Crippen LogP contribution in [0.1, 0.15) is 29.5 Å². The van der Waals surface area contributed by atoms with Crippen molar-refractivity contribution >= 4 is 27.3 Å². The number of nitrogens with two attached hydrogens (primary N) is 1. The number of nitrogens with zero attached hydrogens (tertiary/aromatic N) is 1. The van der Waals surface area contributed by atoms with Crippen LogP contribution in [0.3, 0.4) is 0 Å². The Bertz CT molecular complexity index is 585. The largest absolute Gasteiger partial charge is 0.492 e. The van der Waals surface area contributed by atoms with Gasteiger partial charge in [-0.25, -0.2) is 4.98 Å². The number of hydrogen-bond donors (Lipinski definition) is 1. The smallest absolute Gasteiger partial charge is 0.133 e. The van der Waals surface area contributed by atoms with Gasteiger partial charge < -0.3 is 10.5 Å². The first-order valence-corrected chi connectivity index (χ1v) is 8.83. The highest BCUT2D eigenvalue weighted by Gasteiger charge is 2.07. The maximum atomic E-state index is 5.99. The SMILES string of the molecule is CCC(N)Cc1ccc(OCCc2scnc2C)c(Br)c1. The van der Waals surface area contributed by atoms with Crippen molar-refractivity contribution in [2.24, 2.45) is 5.73 Å². The van der Waals surface area contributed by atoms with Crippen molar-refractivity contribution in [1.82, 2.24) is 4.98 Å². The molecule has 0 aliphatic carbocycles. The predicted octanol–water partition coefficient (Wildman–Crippen LogP) is 4.12. The molecular formula is C16H21BrN2OS. The Morgan fingerprint density at radius 2 is 2.24 bits per heavy atom. The quantitative estimate of drug-likeness (QED) is 0.799. The number of benzene rings is 1. The third-order valence-corrected chi connectivity index (χ3v) is 5.06. The van der Waals surface area contributed by atoms with Crippen LogP contribution in [0.15, 0.2) is 28.2 Å². The molecule has 5 heteroatoms. The zero-order chi connectivity index (χ0) is 15.2. The number of thiazole rings is 1. The molecule has 2 N–H and O–H groups in total. The molecule has 1 atom stereocenters. The van der Waals surface area contributed by atoms with Crippen molar-refractivity contribution in [1.29, 1.82) is 0 Å². The lowest BCUT2D eigenvalue weighted by Crippen LogP contribution is -2.21. The molecule has 21 heavy (non-hydrogen) atoms. The minimum absolute atomic E-state index is 0.220. The molecule has 2 aromatic rings. The molecule has 0 fully saturated rings. The molecule has 0 radical (unpaired) electrons. The molecule has 1 aromatic heterocycles. The van der Waals surface area contributed by atoms with Crippen LogP contribution in [0.5, 0.6) is 5.75 Å². The summed E-state index contributed by atoms with van der Waals surface area (Å²) < 4.78 is 6.84. The zero-order valence-corrected chi connectivity index (χ0v) is 14.8. The Labute approximate surface area is 138 Å². The van der Waals surface area contributed by atoms with E-state index in [9.17, 15) is 0 Å². The summed E-state index contributed by atoms with van der Waals surface area (Å²) in [5, 5.41) is 0. The highest BCUT2D eigenvalue weighted by atomic mass is 79.9. The van der Waals surface area contributed by atoms with Gasteiger partial charge in [0.1, 0.15) is 5.75 Å². The molecule has 3 nitrogen and oxygen atoms in total. The van der Waals surface area contributed by atoms with Crippen molar-refractivity contribution in [2.75, 3.05) is 6.61 Å². The molecule has 0 aliphatic rings. The third-order valence-electron chi connectivity index (χ3n) is 3.45. The molecule has 0 bridgehead atoms. The van der Waals surface area contributed by atoms with E-state index in [0.29, 0.717) is 6.61 Å². The minimum Gasteiger partial charge on any atom is -0.492 e. The standard InChI is InChI=1S/C16H21BrN2OS/c1-3-13(18)8-12-4-5-15(14(17)9-12)20-7-6-16-11(2)19-10-21-16/h4-5,9-10,13H,3,6-8,18H2,1-2H3. The van der Waals surface area contributed by atoms with Crippen molar-refractivity contribution in [3.8, 4) is 5.75 Å². The summed E-state index contributed by atoms with van der Waals surface area (Å²) in [5.74, 6) is 0.881. The van der Waals surface area contributed by atoms with Gasteiger partial charge in [0.25, 0.3) is 0 Å². The summed E-state index contributed by atoms with van der Waals surface area (Å²) in [5.41, 5.74) is 10.2. The van der Waals surface area contributed by atoms with Gasteiger partial charge in [-0.1, -0.05) is 13.0 Å². The zero-order valence-electron chi connectivity index (χ0n) is 12.4. The number of halogens is 1. The van der Waals surface area contributed by atoms with E-state index in [2.05, 4.69) is 40.0 Å². The van der Waals surface area contributed by atoms with Gasteiger partial charge in [-0.15, -0.1) is 11.3 Å². The van der Waals surface area contributed by atoms with E-state index in [1.807, 2.05) is 18.5 Å². The first kappa shape index (κ1) is 16.5. The minimum atomic E-state index is 0.220. The summed E-state index contributed by atoms with van der Waals surface area (Å²) in [4.78, 5) is 5.54. The summed E-state index contributed by atoms with van der Waals surface area (Å²) in [7, 11) is 0. The van der Waals surface area contributed by atoms with Gasteiger partial charge in [0.2, 0.25) is 0 Å². The van der Waals surface area contributed by atoms with Crippen LogP contribution in [0.2, 0.25) is 0 Å². The van der Waals surface area contributed by atoms with Crippen LogP contribution < -0.4 is 10.5 Å². The van der Waals surface area contributed by atoms with Crippen LogP contribution >= 0.6 is 27.3 Å². The van der Waals surface area contributed by atoms with E-state index >= 15 is 0 Å². The van der Waals surface area contributed by atoms with Gasteiger partial charge in [0.15, 0.2) is 0 Å². The molecule has 0 saturated carbocycles. The average Bonchev–Trinajstić information content (AvgIpc) is 2.86. The van der Waals surface area contributed by atoms with Gasteiger partial charge in [0.05, 0.1) is 22.3 Å². The fourth-order valence-corrected chi connectivity index (χ4v) is 3.36. The van der Waals surface area contributed by atoms with E-state index in [1.54, 1.807) is 11.3 Å². The van der Waals surface area contributed by atoms with Gasteiger partial charge in [-0.3, -0.25) is 0 Å². The second kappa shape index (κ2) is 7.92. The topological polar surface area (TPSA) is 48.1 Å². The Morgan fingerprint density at radius 3 is 2.86 bits per heavy atom. The lowest BCUT2D eigenvalue weighted by atomic mass is 10.0. The van der Waals surface area contributed by atoms with Crippen molar-refractivity contribution in [3.63, 3.8) is 0 Å². The second-order valence-corrected chi connectivity index (χ2v) is 6.89. The Hall–Kier alpha value is -0.910. The molecule has 1 aromatic carbocycles. The molecule has 1 heterocycles. The first-order chi connectivity index (χ1) is 10.1. The summed E-state index contributed by atoms with van der Waals surface area (Å²) in [6, 6.07) is 6.43. The van der Waals surface area contributed by atoms with E-state index < -0.39 is 0 Å². The van der Waals surface area contributed by atoms with E-state index in [4.69, 9.17) is 10.5 Å². The maximum Gasteiger partial charge on any atom is 0.133 e. The van der Waals surface area contributed by atoms with E-state index in [-0.39, 0.29) is 6.04 Å². The molecule has 114 valence electrons. The molecular weight excluding hydrogens is 348 g/mol. The molecule has 1 unspecified atom stereocenters. The van der Waals surface area contributed by atoms with Crippen LogP contribution in [-0.4, -0.2) is 17.6 Å². The number of aromatic nitrogens is 1. The van der Waals surface area contributed by atoms with E-state index in [0.717, 1.165) is 35.2 Å². The Morgan fingerprint density at radius 1 is 1.43 bits per heavy atom.